The Morgan fingerprint density at radius 2 is 1.79 bits per heavy atom. The van der Waals surface area contributed by atoms with Gasteiger partial charge in [-0.25, -0.2) is 4.79 Å². The maximum atomic E-state index is 12.7. The lowest BCUT2D eigenvalue weighted by Crippen LogP contribution is -2.47. The molecule has 1 aliphatic heterocycles. The molecule has 0 saturated carbocycles. The van der Waals surface area contributed by atoms with Crippen molar-refractivity contribution in [2.75, 3.05) is 38.5 Å². The lowest BCUT2D eigenvalue weighted by Gasteiger charge is -2.32. The van der Waals surface area contributed by atoms with Gasteiger partial charge in [-0.3, -0.25) is 9.59 Å². The molecule has 0 spiro atoms. The van der Waals surface area contributed by atoms with Crippen molar-refractivity contribution < 1.29 is 9.59 Å². The fourth-order valence-corrected chi connectivity index (χ4v) is 3.55. The number of fused-ring (bicyclic) bond motifs is 1. The smallest absolute Gasteiger partial charge is 0.323 e. The Morgan fingerprint density at radius 1 is 1.03 bits per heavy atom. The quantitative estimate of drug-likeness (QED) is 0.624. The summed E-state index contributed by atoms with van der Waals surface area (Å²) in [6.07, 6.45) is 0.300. The van der Waals surface area contributed by atoms with Crippen molar-refractivity contribution in [2.24, 2.45) is 0 Å². The Morgan fingerprint density at radius 3 is 2.59 bits per heavy atom. The van der Waals surface area contributed by atoms with E-state index in [2.05, 4.69) is 27.2 Å². The minimum absolute atomic E-state index is 0.0937. The molecule has 0 bridgehead atoms. The van der Waals surface area contributed by atoms with Crippen LogP contribution in [0.4, 0.5) is 5.69 Å². The van der Waals surface area contributed by atoms with Crippen molar-refractivity contribution in [2.45, 2.75) is 6.42 Å². The molecule has 1 aromatic heterocycles. The van der Waals surface area contributed by atoms with Gasteiger partial charge >= 0.3 is 5.69 Å². The minimum atomic E-state index is -0.357. The first-order chi connectivity index (χ1) is 14.0. The molecule has 2 amide bonds. The van der Waals surface area contributed by atoms with Gasteiger partial charge in [0.15, 0.2) is 0 Å². The number of amides is 2. The fourth-order valence-electron chi connectivity index (χ4n) is 3.55. The van der Waals surface area contributed by atoms with Crippen molar-refractivity contribution in [3.05, 3.63) is 64.1 Å². The zero-order valence-electron chi connectivity index (χ0n) is 16.2. The summed E-state index contributed by atoms with van der Waals surface area (Å²) in [6, 6.07) is 12.4. The molecule has 0 radical (unpaired) electrons. The number of aromatic nitrogens is 2. The highest BCUT2D eigenvalue weighted by molar-refractivity contribution is 6.11. The van der Waals surface area contributed by atoms with E-state index in [0.29, 0.717) is 28.7 Å². The number of nitrogens with one attached hydrogen (secondary N) is 3. The highest BCUT2D eigenvalue weighted by atomic mass is 16.2. The monoisotopic (exact) mass is 393 g/mol. The largest absolute Gasteiger partial charge is 0.340 e. The number of carbonyl (C=O) groups excluding carboxylic acids is 2. The van der Waals surface area contributed by atoms with E-state index in [1.165, 1.54) is 0 Å². The second kappa shape index (κ2) is 7.92. The molecule has 4 rings (SSSR count). The van der Waals surface area contributed by atoms with Crippen LogP contribution in [0.15, 0.2) is 47.3 Å². The molecule has 3 aromatic rings. The molecular weight excluding hydrogens is 370 g/mol. The molecule has 29 heavy (non-hydrogen) atoms. The van der Waals surface area contributed by atoms with E-state index < -0.39 is 0 Å². The summed E-state index contributed by atoms with van der Waals surface area (Å²) < 4.78 is 0. The third kappa shape index (κ3) is 4.22. The summed E-state index contributed by atoms with van der Waals surface area (Å²) in [5.41, 5.74) is 2.52. The molecule has 8 heteroatoms. The predicted molar refractivity (Wildman–Crippen MR) is 111 cm³/mol. The van der Waals surface area contributed by atoms with Gasteiger partial charge in [0.05, 0.1) is 23.0 Å². The molecule has 150 valence electrons. The zero-order valence-corrected chi connectivity index (χ0v) is 16.2. The fraction of sp³-hybridized carbons (Fsp3) is 0.286. The van der Waals surface area contributed by atoms with E-state index in [-0.39, 0.29) is 17.5 Å². The Bertz CT molecular complexity index is 1110. The summed E-state index contributed by atoms with van der Waals surface area (Å²) in [7, 11) is 2.05. The summed E-state index contributed by atoms with van der Waals surface area (Å²) in [6.45, 7) is 3.25. The van der Waals surface area contributed by atoms with Gasteiger partial charge in [0.1, 0.15) is 0 Å². The molecule has 3 N–H and O–H groups in total. The number of imidazole rings is 1. The van der Waals surface area contributed by atoms with Crippen LogP contribution in [0.3, 0.4) is 0 Å². The summed E-state index contributed by atoms with van der Waals surface area (Å²) in [4.78, 5) is 46.2. The van der Waals surface area contributed by atoms with Gasteiger partial charge < -0.3 is 25.1 Å². The van der Waals surface area contributed by atoms with Crippen LogP contribution in [0.25, 0.3) is 11.0 Å². The average molecular weight is 393 g/mol. The van der Waals surface area contributed by atoms with E-state index in [1.807, 2.05) is 23.1 Å². The normalized spacial score (nSPS) is 14.9. The number of rotatable bonds is 4. The van der Waals surface area contributed by atoms with Crippen molar-refractivity contribution in [1.82, 2.24) is 19.8 Å². The van der Waals surface area contributed by atoms with Gasteiger partial charge in [-0.15, -0.1) is 0 Å². The van der Waals surface area contributed by atoms with Crippen molar-refractivity contribution in [1.29, 1.82) is 0 Å². The third-order valence-electron chi connectivity index (χ3n) is 5.19. The number of anilines is 1. The van der Waals surface area contributed by atoms with Gasteiger partial charge in [0.25, 0.3) is 5.91 Å². The molecule has 8 nitrogen and oxygen atoms in total. The molecule has 0 unspecified atom stereocenters. The molecule has 0 aliphatic carbocycles. The topological polar surface area (TPSA) is 101 Å². The number of piperazine rings is 1. The lowest BCUT2D eigenvalue weighted by molar-refractivity contribution is -0.132. The summed E-state index contributed by atoms with van der Waals surface area (Å²) in [5.74, 6) is -0.232. The Hall–Kier alpha value is -3.39. The Balaban J connectivity index is 1.46. The van der Waals surface area contributed by atoms with Crippen molar-refractivity contribution in [3.63, 3.8) is 0 Å². The van der Waals surface area contributed by atoms with Crippen LogP contribution in [0.1, 0.15) is 15.9 Å². The van der Waals surface area contributed by atoms with Crippen LogP contribution < -0.4 is 11.0 Å². The van der Waals surface area contributed by atoms with Crippen LogP contribution in [-0.4, -0.2) is 64.8 Å². The number of benzene rings is 2. The van der Waals surface area contributed by atoms with Crippen LogP contribution in [0.2, 0.25) is 0 Å². The molecule has 2 aromatic carbocycles. The second-order valence-corrected chi connectivity index (χ2v) is 7.32. The molecule has 2 heterocycles. The zero-order chi connectivity index (χ0) is 20.4. The van der Waals surface area contributed by atoms with Crippen LogP contribution in [0.5, 0.6) is 0 Å². The molecular formula is C21H23N5O3. The molecule has 1 aliphatic rings. The number of aromatic amines is 2. The molecule has 1 fully saturated rings. The maximum Gasteiger partial charge on any atom is 0.323 e. The standard InChI is InChI=1S/C21H23N5O3/c1-25-8-10-26(11-9-25)18(27)13-14-4-2-5-15(12-14)22-20(28)16-6-3-7-17-19(16)24-21(29)23-17/h2-7,12H,8-11,13H2,1H3,(H,22,28)(H2,23,24,29). The van der Waals surface area contributed by atoms with E-state index in [9.17, 15) is 14.4 Å². The highest BCUT2D eigenvalue weighted by Crippen LogP contribution is 2.17. The van der Waals surface area contributed by atoms with Crippen LogP contribution in [0, 0.1) is 0 Å². The Labute approximate surface area is 167 Å². The Kier molecular flexibility index (Phi) is 5.18. The summed E-state index contributed by atoms with van der Waals surface area (Å²) >= 11 is 0. The van der Waals surface area contributed by atoms with Crippen molar-refractivity contribution in [3.8, 4) is 0 Å². The predicted octanol–water partition coefficient (Wildman–Crippen LogP) is 1.42. The number of para-hydroxylation sites is 1. The SMILES string of the molecule is CN1CCN(C(=O)Cc2cccc(NC(=O)c3cccc4[nH]c(=O)[nH]c34)c2)CC1. The second-order valence-electron chi connectivity index (χ2n) is 7.32. The number of hydrogen-bond acceptors (Lipinski definition) is 4. The number of likely N-dealkylation sites (N-methyl/N-ethyl adjacent to an activating group) is 1. The third-order valence-corrected chi connectivity index (χ3v) is 5.19. The molecule has 1 saturated heterocycles. The summed E-state index contributed by atoms with van der Waals surface area (Å²) in [5, 5.41) is 2.85. The lowest BCUT2D eigenvalue weighted by atomic mass is 10.1. The number of nitrogens with zero attached hydrogens (tertiary/aromatic N) is 2. The first-order valence-corrected chi connectivity index (χ1v) is 9.57. The van der Waals surface area contributed by atoms with Gasteiger partial charge in [-0.05, 0) is 36.9 Å². The van der Waals surface area contributed by atoms with E-state index >= 15 is 0 Å². The van der Waals surface area contributed by atoms with Gasteiger partial charge in [-0.1, -0.05) is 18.2 Å². The van der Waals surface area contributed by atoms with Gasteiger partial charge in [0, 0.05) is 31.9 Å². The first-order valence-electron chi connectivity index (χ1n) is 9.57. The van der Waals surface area contributed by atoms with Gasteiger partial charge in [0.2, 0.25) is 5.91 Å². The van der Waals surface area contributed by atoms with E-state index in [1.54, 1.807) is 24.3 Å². The highest BCUT2D eigenvalue weighted by Gasteiger charge is 2.19. The molecule has 0 atom stereocenters. The maximum absolute atomic E-state index is 12.7. The van der Waals surface area contributed by atoms with E-state index in [0.717, 1.165) is 31.7 Å². The van der Waals surface area contributed by atoms with Crippen molar-refractivity contribution >= 4 is 28.5 Å². The number of H-pyrrole nitrogens is 2. The number of carbonyl (C=O) groups is 2. The average Bonchev–Trinajstić information content (AvgIpc) is 3.08. The number of hydrogen-bond donors (Lipinski definition) is 3. The van der Waals surface area contributed by atoms with Crippen LogP contribution >= 0.6 is 0 Å². The van der Waals surface area contributed by atoms with Gasteiger partial charge in [-0.2, -0.15) is 0 Å². The first kappa shape index (κ1) is 18.9. The van der Waals surface area contributed by atoms with E-state index in [4.69, 9.17) is 0 Å². The minimum Gasteiger partial charge on any atom is -0.340 e. The van der Waals surface area contributed by atoms with Crippen LogP contribution in [-0.2, 0) is 11.2 Å².